The predicted octanol–water partition coefficient (Wildman–Crippen LogP) is 4.43. The average Bonchev–Trinajstić information content (AvgIpc) is 2.18. The summed E-state index contributed by atoms with van der Waals surface area (Å²) < 4.78 is 0. The Bertz CT molecular complexity index is 135. The van der Waals surface area contributed by atoms with E-state index in [1.807, 2.05) is 0 Å². The second kappa shape index (κ2) is 8.10. The molecule has 0 nitrogen and oxygen atoms in total. The van der Waals surface area contributed by atoms with Crippen LogP contribution in [0.1, 0.15) is 57.8 Å². The van der Waals surface area contributed by atoms with Crippen LogP contribution in [0.4, 0.5) is 0 Å². The number of allylic oxidation sites excluding steroid dienone is 4. The van der Waals surface area contributed by atoms with Gasteiger partial charge in [-0.1, -0.05) is 31.1 Å². The van der Waals surface area contributed by atoms with Gasteiger partial charge >= 0.3 is 0 Å². The van der Waals surface area contributed by atoms with Crippen molar-refractivity contribution in [1.29, 1.82) is 0 Å². The van der Waals surface area contributed by atoms with Gasteiger partial charge in [-0.05, 0) is 51.0 Å². The number of hydrogen-bond donors (Lipinski definition) is 0. The first-order valence-electron chi connectivity index (χ1n) is 5.70. The summed E-state index contributed by atoms with van der Waals surface area (Å²) >= 11 is 0. The molecule has 1 radical (unpaired) electrons. The minimum Gasteiger partial charge on any atom is -0.0885 e. The summed E-state index contributed by atoms with van der Waals surface area (Å²) in [6.07, 6.45) is 22.0. The topological polar surface area (TPSA) is 0 Å². The molecule has 1 rings (SSSR count). The Morgan fingerprint density at radius 3 is 2.23 bits per heavy atom. The monoisotopic (exact) mass is 177 g/mol. The summed E-state index contributed by atoms with van der Waals surface area (Å²) in [5.41, 5.74) is 0. The van der Waals surface area contributed by atoms with Crippen LogP contribution in [-0.4, -0.2) is 0 Å². The van der Waals surface area contributed by atoms with E-state index in [9.17, 15) is 0 Å². The summed E-state index contributed by atoms with van der Waals surface area (Å²) in [7, 11) is 0. The Kier molecular flexibility index (Phi) is 6.58. The molecule has 13 heavy (non-hydrogen) atoms. The first-order chi connectivity index (χ1) is 6.50. The molecule has 0 saturated carbocycles. The fourth-order valence-electron chi connectivity index (χ4n) is 1.62. The van der Waals surface area contributed by atoms with Gasteiger partial charge in [0.1, 0.15) is 0 Å². The lowest BCUT2D eigenvalue weighted by molar-refractivity contribution is 0.652. The van der Waals surface area contributed by atoms with E-state index < -0.39 is 0 Å². The molecule has 0 heterocycles. The molecular weight excluding hydrogens is 156 g/mol. The molecule has 1 aliphatic rings. The minimum atomic E-state index is 1.14. The molecule has 0 aromatic carbocycles. The van der Waals surface area contributed by atoms with Crippen molar-refractivity contribution in [3.63, 3.8) is 0 Å². The summed E-state index contributed by atoms with van der Waals surface area (Å²) in [6.45, 7) is 0. The smallest absolute Gasteiger partial charge is 0.0276 e. The standard InChI is InChI=1S/C13H21/c1-2-4-6-8-10-12-13-11-9-7-5-3-1/h1-2,12H,3-9,11,13H2. The van der Waals surface area contributed by atoms with Crippen molar-refractivity contribution < 1.29 is 0 Å². The minimum absolute atomic E-state index is 1.14. The molecular formula is C13H21. The van der Waals surface area contributed by atoms with E-state index in [4.69, 9.17) is 0 Å². The summed E-state index contributed by atoms with van der Waals surface area (Å²) in [4.78, 5) is 0. The molecule has 0 bridgehead atoms. The van der Waals surface area contributed by atoms with E-state index in [1.54, 1.807) is 0 Å². The van der Waals surface area contributed by atoms with Gasteiger partial charge in [0.2, 0.25) is 0 Å². The lowest BCUT2D eigenvalue weighted by Gasteiger charge is -1.95. The first-order valence-corrected chi connectivity index (χ1v) is 5.70. The first kappa shape index (κ1) is 10.6. The van der Waals surface area contributed by atoms with Crippen molar-refractivity contribution in [2.24, 2.45) is 0 Å². The van der Waals surface area contributed by atoms with Crippen LogP contribution in [0.5, 0.6) is 0 Å². The van der Waals surface area contributed by atoms with E-state index in [0.29, 0.717) is 0 Å². The van der Waals surface area contributed by atoms with Gasteiger partial charge in [-0.15, -0.1) is 0 Å². The van der Waals surface area contributed by atoms with Crippen molar-refractivity contribution in [3.05, 3.63) is 24.3 Å². The molecule has 73 valence electrons. The Labute approximate surface area is 82.7 Å². The third kappa shape index (κ3) is 6.62. The molecule has 1 aliphatic carbocycles. The Balaban J connectivity index is 2.18. The van der Waals surface area contributed by atoms with Crippen molar-refractivity contribution in [1.82, 2.24) is 0 Å². The van der Waals surface area contributed by atoms with Crippen LogP contribution in [0.3, 0.4) is 0 Å². The lowest BCUT2D eigenvalue weighted by atomic mass is 10.1. The highest BCUT2D eigenvalue weighted by Crippen LogP contribution is 2.08. The zero-order valence-electron chi connectivity index (χ0n) is 8.60. The molecule has 0 heteroatoms. The van der Waals surface area contributed by atoms with Crippen LogP contribution in [0.2, 0.25) is 0 Å². The Morgan fingerprint density at radius 2 is 1.38 bits per heavy atom. The summed E-state index contributed by atoms with van der Waals surface area (Å²) in [6, 6.07) is 0. The largest absolute Gasteiger partial charge is 0.0885 e. The molecule has 0 N–H and O–H groups in total. The molecule has 0 saturated heterocycles. The predicted molar refractivity (Wildman–Crippen MR) is 58.5 cm³/mol. The summed E-state index contributed by atoms with van der Waals surface area (Å²) in [5.74, 6) is 0. The molecule has 0 atom stereocenters. The normalized spacial score (nSPS) is 21.5. The molecule has 0 aliphatic heterocycles. The van der Waals surface area contributed by atoms with Crippen LogP contribution in [0, 0.1) is 6.08 Å². The van der Waals surface area contributed by atoms with Crippen LogP contribution in [0.15, 0.2) is 18.2 Å². The van der Waals surface area contributed by atoms with E-state index in [2.05, 4.69) is 24.3 Å². The zero-order chi connectivity index (χ0) is 9.19. The average molecular weight is 177 g/mol. The van der Waals surface area contributed by atoms with E-state index in [0.717, 1.165) is 6.42 Å². The molecule has 0 fully saturated rings. The van der Waals surface area contributed by atoms with Gasteiger partial charge in [-0.3, -0.25) is 0 Å². The van der Waals surface area contributed by atoms with Crippen LogP contribution in [-0.2, 0) is 0 Å². The van der Waals surface area contributed by atoms with Gasteiger partial charge in [0.25, 0.3) is 0 Å². The summed E-state index contributed by atoms with van der Waals surface area (Å²) in [5, 5.41) is 0. The third-order valence-electron chi connectivity index (χ3n) is 2.47. The Morgan fingerprint density at radius 1 is 0.692 bits per heavy atom. The maximum Gasteiger partial charge on any atom is -0.0276 e. The van der Waals surface area contributed by atoms with E-state index in [1.165, 1.54) is 51.4 Å². The van der Waals surface area contributed by atoms with Crippen LogP contribution >= 0.6 is 0 Å². The highest BCUT2D eigenvalue weighted by Gasteiger charge is 1.89. The SMILES string of the molecule is [C]1=CCCCCCCC=CCCC1. The van der Waals surface area contributed by atoms with Crippen LogP contribution in [0.25, 0.3) is 0 Å². The van der Waals surface area contributed by atoms with E-state index >= 15 is 0 Å². The molecule has 0 aromatic rings. The van der Waals surface area contributed by atoms with Gasteiger partial charge in [-0.2, -0.15) is 0 Å². The molecule has 0 spiro atoms. The number of hydrogen-bond acceptors (Lipinski definition) is 0. The van der Waals surface area contributed by atoms with Gasteiger partial charge in [0, 0.05) is 0 Å². The van der Waals surface area contributed by atoms with Gasteiger partial charge < -0.3 is 0 Å². The van der Waals surface area contributed by atoms with Crippen molar-refractivity contribution in [2.45, 2.75) is 57.8 Å². The van der Waals surface area contributed by atoms with E-state index in [-0.39, 0.29) is 0 Å². The van der Waals surface area contributed by atoms with Crippen molar-refractivity contribution in [2.75, 3.05) is 0 Å². The molecule has 0 aromatic heterocycles. The van der Waals surface area contributed by atoms with Gasteiger partial charge in [0.15, 0.2) is 0 Å². The zero-order valence-corrected chi connectivity index (χ0v) is 8.60. The van der Waals surface area contributed by atoms with Crippen molar-refractivity contribution >= 4 is 0 Å². The fourth-order valence-corrected chi connectivity index (χ4v) is 1.62. The number of rotatable bonds is 0. The lowest BCUT2D eigenvalue weighted by Crippen LogP contribution is -1.76. The van der Waals surface area contributed by atoms with Crippen molar-refractivity contribution in [3.8, 4) is 0 Å². The second-order valence-corrected chi connectivity index (χ2v) is 3.76. The highest BCUT2D eigenvalue weighted by molar-refractivity contribution is 4.83. The third-order valence-corrected chi connectivity index (χ3v) is 2.47. The van der Waals surface area contributed by atoms with Gasteiger partial charge in [-0.25, -0.2) is 0 Å². The van der Waals surface area contributed by atoms with Gasteiger partial charge in [0.05, 0.1) is 0 Å². The van der Waals surface area contributed by atoms with Crippen LogP contribution < -0.4 is 0 Å². The maximum atomic E-state index is 3.36. The highest BCUT2D eigenvalue weighted by atomic mass is 14.0. The molecule has 0 amide bonds. The molecule has 0 unspecified atom stereocenters. The fraction of sp³-hybridized carbons (Fsp3) is 0.692. The quantitative estimate of drug-likeness (QED) is 0.480. The Hall–Kier alpha value is -0.520. The maximum absolute atomic E-state index is 3.36. The second-order valence-electron chi connectivity index (χ2n) is 3.76.